The van der Waals surface area contributed by atoms with Crippen LogP contribution in [0.4, 0.5) is 26.3 Å². The standard InChI is InChI=1S/C6H4F6OS2/c7-1-3(9)5(11)14-13-15-6(12)4(10)2-8/h1-2H2/b5-3-,6-4+. The van der Waals surface area contributed by atoms with Crippen molar-refractivity contribution in [1.29, 1.82) is 0 Å². The lowest BCUT2D eigenvalue weighted by atomic mass is 10.7. The van der Waals surface area contributed by atoms with Gasteiger partial charge in [-0.15, -0.1) is 0 Å². The molecule has 0 aliphatic rings. The highest BCUT2D eigenvalue weighted by Crippen LogP contribution is 2.33. The van der Waals surface area contributed by atoms with E-state index >= 15 is 0 Å². The molecule has 15 heavy (non-hydrogen) atoms. The molecule has 0 radical (unpaired) electrons. The van der Waals surface area contributed by atoms with E-state index in [0.29, 0.717) is 0 Å². The molecule has 88 valence electrons. The minimum atomic E-state index is -1.73. The van der Waals surface area contributed by atoms with Crippen molar-refractivity contribution in [3.63, 3.8) is 0 Å². The van der Waals surface area contributed by atoms with Crippen LogP contribution in [0.2, 0.25) is 0 Å². The fraction of sp³-hybridized carbons (Fsp3) is 0.333. The van der Waals surface area contributed by atoms with E-state index in [-0.39, 0.29) is 24.1 Å². The van der Waals surface area contributed by atoms with Gasteiger partial charge in [-0.1, -0.05) is 0 Å². The third-order valence-corrected chi connectivity index (χ3v) is 2.16. The second-order valence-electron chi connectivity index (χ2n) is 1.86. The smallest absolute Gasteiger partial charge is 0.218 e. The quantitative estimate of drug-likeness (QED) is 0.521. The Labute approximate surface area is 90.0 Å². The van der Waals surface area contributed by atoms with Gasteiger partial charge >= 0.3 is 0 Å². The second-order valence-corrected chi connectivity index (χ2v) is 3.45. The molecule has 1 nitrogen and oxygen atoms in total. The van der Waals surface area contributed by atoms with Crippen LogP contribution in [0.3, 0.4) is 0 Å². The van der Waals surface area contributed by atoms with Crippen LogP contribution in [-0.4, -0.2) is 13.3 Å². The molecule has 0 rings (SSSR count). The largest absolute Gasteiger partial charge is 0.243 e. The van der Waals surface area contributed by atoms with Gasteiger partial charge in [0.2, 0.25) is 10.3 Å². The van der Waals surface area contributed by atoms with Gasteiger partial charge in [0.25, 0.3) is 0 Å². The molecule has 0 unspecified atom stereocenters. The maximum absolute atomic E-state index is 12.3. The topological polar surface area (TPSA) is 9.23 Å². The summed E-state index contributed by atoms with van der Waals surface area (Å²) < 4.78 is 75.6. The molecule has 0 aromatic rings. The van der Waals surface area contributed by atoms with Crippen molar-refractivity contribution in [2.24, 2.45) is 0 Å². The van der Waals surface area contributed by atoms with Gasteiger partial charge in [0.15, 0.2) is 11.7 Å². The first kappa shape index (κ1) is 14.7. The number of hydrogen-bond donors (Lipinski definition) is 0. The Balaban J connectivity index is 4.01. The molecular formula is C6H4F6OS2. The summed E-state index contributed by atoms with van der Waals surface area (Å²) in [5.41, 5.74) is 0. The molecule has 0 bridgehead atoms. The van der Waals surface area contributed by atoms with Crippen LogP contribution in [0, 0.1) is 0 Å². The van der Waals surface area contributed by atoms with E-state index in [0.717, 1.165) is 0 Å². The van der Waals surface area contributed by atoms with Gasteiger partial charge in [-0.05, 0) is 0 Å². The minimum absolute atomic E-state index is 0.337. The molecule has 0 aromatic heterocycles. The van der Waals surface area contributed by atoms with Gasteiger partial charge in [-0.3, -0.25) is 0 Å². The van der Waals surface area contributed by atoms with Crippen molar-refractivity contribution in [3.05, 3.63) is 22.0 Å². The van der Waals surface area contributed by atoms with Crippen molar-refractivity contribution >= 4 is 24.1 Å². The average molecular weight is 270 g/mol. The summed E-state index contributed by atoms with van der Waals surface area (Å²) in [7, 11) is 0. The third-order valence-electron chi connectivity index (χ3n) is 0.876. The Hall–Kier alpha value is -0.280. The van der Waals surface area contributed by atoms with Crippen LogP contribution < -0.4 is 0 Å². The van der Waals surface area contributed by atoms with E-state index in [2.05, 4.69) is 3.63 Å². The summed E-state index contributed by atoms with van der Waals surface area (Å²) >= 11 is -0.674. The highest BCUT2D eigenvalue weighted by atomic mass is 32.2. The van der Waals surface area contributed by atoms with Crippen LogP contribution in [0.1, 0.15) is 0 Å². The molecule has 0 saturated carbocycles. The van der Waals surface area contributed by atoms with E-state index in [1.54, 1.807) is 0 Å². The summed E-state index contributed by atoms with van der Waals surface area (Å²) in [5, 5.41) is -3.31. The Morgan fingerprint density at radius 2 is 1.13 bits per heavy atom. The first-order valence-corrected chi connectivity index (χ1v) is 4.72. The van der Waals surface area contributed by atoms with Gasteiger partial charge in [0.05, 0.1) is 24.1 Å². The lowest BCUT2D eigenvalue weighted by molar-refractivity contribution is 0.438. The number of hydrogen-bond acceptors (Lipinski definition) is 3. The number of rotatable bonds is 6. The molecule has 0 fully saturated rings. The first-order chi connectivity index (χ1) is 7.02. The van der Waals surface area contributed by atoms with Gasteiger partial charge in [0.1, 0.15) is 13.3 Å². The average Bonchev–Trinajstić information content (AvgIpc) is 2.26. The van der Waals surface area contributed by atoms with E-state index in [4.69, 9.17) is 0 Å². The minimum Gasteiger partial charge on any atom is -0.243 e. The number of allylic oxidation sites excluding steroid dienone is 2. The fourth-order valence-electron chi connectivity index (χ4n) is 0.272. The fourth-order valence-corrected chi connectivity index (χ4v) is 1.18. The SMILES string of the molecule is FC/C(F)=C(\F)SOS/C(F)=C(/F)CF. The van der Waals surface area contributed by atoms with Crippen LogP contribution >= 0.6 is 24.1 Å². The molecule has 0 aliphatic heterocycles. The molecular weight excluding hydrogens is 266 g/mol. The highest BCUT2D eigenvalue weighted by Gasteiger charge is 2.11. The predicted molar refractivity (Wildman–Crippen MR) is 46.7 cm³/mol. The maximum atomic E-state index is 12.3. The number of alkyl halides is 2. The molecule has 0 aromatic carbocycles. The zero-order valence-electron chi connectivity index (χ0n) is 6.91. The predicted octanol–water partition coefficient (Wildman–Crippen LogP) is 4.45. The van der Waals surface area contributed by atoms with E-state index in [1.165, 1.54) is 0 Å². The monoisotopic (exact) mass is 270 g/mol. The van der Waals surface area contributed by atoms with Crippen LogP contribution in [0.15, 0.2) is 22.0 Å². The van der Waals surface area contributed by atoms with Crippen molar-refractivity contribution in [3.8, 4) is 0 Å². The van der Waals surface area contributed by atoms with Gasteiger partial charge in [-0.25, -0.2) is 21.2 Å². The summed E-state index contributed by atoms with van der Waals surface area (Å²) in [6.07, 6.45) is 0. The Morgan fingerprint density at radius 3 is 1.40 bits per heavy atom. The molecule has 0 aliphatic carbocycles. The summed E-state index contributed by atoms with van der Waals surface area (Å²) in [6, 6.07) is 0. The molecule has 9 heteroatoms. The highest BCUT2D eigenvalue weighted by molar-refractivity contribution is 8.11. The first-order valence-electron chi connectivity index (χ1n) is 3.24. The lowest BCUT2D eigenvalue weighted by Crippen LogP contribution is -1.81. The Kier molecular flexibility index (Phi) is 7.79. The zero-order valence-corrected chi connectivity index (χ0v) is 8.54. The van der Waals surface area contributed by atoms with Crippen molar-refractivity contribution in [2.45, 2.75) is 0 Å². The molecule has 0 amide bonds. The third kappa shape index (κ3) is 6.00. The maximum Gasteiger partial charge on any atom is 0.218 e. The van der Waals surface area contributed by atoms with Crippen LogP contribution in [-0.2, 0) is 3.63 Å². The summed E-state index contributed by atoms with van der Waals surface area (Å²) in [6.45, 7) is -3.35. The summed E-state index contributed by atoms with van der Waals surface area (Å²) in [5.74, 6) is -3.45. The molecule has 0 heterocycles. The van der Waals surface area contributed by atoms with Gasteiger partial charge in [0, 0.05) is 0 Å². The van der Waals surface area contributed by atoms with Crippen molar-refractivity contribution in [1.82, 2.24) is 0 Å². The van der Waals surface area contributed by atoms with Crippen LogP contribution in [0.5, 0.6) is 0 Å². The van der Waals surface area contributed by atoms with Crippen LogP contribution in [0.25, 0.3) is 0 Å². The Bertz CT molecular complexity index is 240. The molecule has 0 spiro atoms. The van der Waals surface area contributed by atoms with E-state index < -0.39 is 35.3 Å². The molecule has 0 saturated heterocycles. The van der Waals surface area contributed by atoms with E-state index in [1.807, 2.05) is 0 Å². The molecule has 0 N–H and O–H groups in total. The van der Waals surface area contributed by atoms with Gasteiger partial charge in [-0.2, -0.15) is 8.78 Å². The van der Waals surface area contributed by atoms with Crippen molar-refractivity contribution < 1.29 is 30.0 Å². The number of halogens is 6. The second kappa shape index (κ2) is 7.94. The summed E-state index contributed by atoms with van der Waals surface area (Å²) in [4.78, 5) is 0. The van der Waals surface area contributed by atoms with Gasteiger partial charge < -0.3 is 0 Å². The Morgan fingerprint density at radius 1 is 0.800 bits per heavy atom. The van der Waals surface area contributed by atoms with E-state index in [9.17, 15) is 26.3 Å². The van der Waals surface area contributed by atoms with Crippen molar-refractivity contribution in [2.75, 3.05) is 13.3 Å². The normalized spacial score (nSPS) is 14.8. The molecule has 0 atom stereocenters. The lowest BCUT2D eigenvalue weighted by Gasteiger charge is -1.97. The zero-order chi connectivity index (χ0) is 11.8.